The van der Waals surface area contributed by atoms with Crippen LogP contribution in [-0.2, 0) is 19.5 Å². The summed E-state index contributed by atoms with van der Waals surface area (Å²) in [5, 5.41) is 3.19. The van der Waals surface area contributed by atoms with E-state index in [4.69, 9.17) is 0 Å². The lowest BCUT2D eigenvalue weighted by atomic mass is 10.0. The second-order valence-electron chi connectivity index (χ2n) is 5.42. The molecule has 0 aliphatic carbocycles. The number of likely N-dealkylation sites (N-methyl/N-ethyl adjacent to an activating group) is 1. The summed E-state index contributed by atoms with van der Waals surface area (Å²) >= 11 is 0. The molecule has 112 valence electrons. The molecule has 0 saturated heterocycles. The van der Waals surface area contributed by atoms with Crippen LogP contribution in [0.3, 0.4) is 0 Å². The standard InChI is InChI=1S/C18H23FN2/c1-20-12-11-16-5-3-4-6-17(16)14-21(2)13-15-7-9-18(19)10-8-15/h3-10,20H,11-14H2,1-2H3. The molecule has 0 atom stereocenters. The molecule has 0 aromatic heterocycles. The molecular weight excluding hydrogens is 263 g/mol. The van der Waals surface area contributed by atoms with E-state index in [0.717, 1.165) is 31.6 Å². The summed E-state index contributed by atoms with van der Waals surface area (Å²) in [7, 11) is 4.07. The Bertz CT molecular complexity index is 551. The lowest BCUT2D eigenvalue weighted by Gasteiger charge is -2.19. The van der Waals surface area contributed by atoms with E-state index in [9.17, 15) is 4.39 Å². The maximum atomic E-state index is 12.9. The van der Waals surface area contributed by atoms with Gasteiger partial charge in [-0.15, -0.1) is 0 Å². The predicted molar refractivity (Wildman–Crippen MR) is 85.6 cm³/mol. The largest absolute Gasteiger partial charge is 0.319 e. The van der Waals surface area contributed by atoms with Crippen molar-refractivity contribution in [3.05, 3.63) is 71.0 Å². The van der Waals surface area contributed by atoms with E-state index in [1.54, 1.807) is 0 Å². The van der Waals surface area contributed by atoms with Crippen molar-refractivity contribution in [1.82, 2.24) is 10.2 Å². The van der Waals surface area contributed by atoms with E-state index in [1.165, 1.54) is 23.3 Å². The number of benzene rings is 2. The Morgan fingerprint density at radius 3 is 2.29 bits per heavy atom. The zero-order valence-electron chi connectivity index (χ0n) is 12.8. The van der Waals surface area contributed by atoms with E-state index in [0.29, 0.717) is 0 Å². The summed E-state index contributed by atoms with van der Waals surface area (Å²) in [4.78, 5) is 2.26. The first-order chi connectivity index (χ1) is 10.2. The van der Waals surface area contributed by atoms with Crippen molar-refractivity contribution in [2.45, 2.75) is 19.5 Å². The van der Waals surface area contributed by atoms with Gasteiger partial charge in [0, 0.05) is 13.1 Å². The first-order valence-corrected chi connectivity index (χ1v) is 7.33. The highest BCUT2D eigenvalue weighted by atomic mass is 19.1. The highest BCUT2D eigenvalue weighted by Crippen LogP contribution is 2.14. The number of halogens is 1. The van der Waals surface area contributed by atoms with Gasteiger partial charge in [-0.2, -0.15) is 0 Å². The Kier molecular flexibility index (Phi) is 5.90. The molecular formula is C18H23FN2. The summed E-state index contributed by atoms with van der Waals surface area (Å²) < 4.78 is 12.9. The third-order valence-electron chi connectivity index (χ3n) is 3.57. The summed E-state index contributed by atoms with van der Waals surface area (Å²) in [5.74, 6) is -0.182. The van der Waals surface area contributed by atoms with Crippen LogP contribution in [0.15, 0.2) is 48.5 Å². The van der Waals surface area contributed by atoms with Gasteiger partial charge >= 0.3 is 0 Å². The number of rotatable bonds is 7. The predicted octanol–water partition coefficient (Wildman–Crippen LogP) is 3.22. The fourth-order valence-electron chi connectivity index (χ4n) is 2.46. The summed E-state index contributed by atoms with van der Waals surface area (Å²) in [6, 6.07) is 15.3. The van der Waals surface area contributed by atoms with Gasteiger partial charge in [-0.05, 0) is 55.9 Å². The fourth-order valence-corrected chi connectivity index (χ4v) is 2.46. The summed E-state index contributed by atoms with van der Waals surface area (Å²) in [6.45, 7) is 2.70. The lowest BCUT2D eigenvalue weighted by Crippen LogP contribution is -2.19. The topological polar surface area (TPSA) is 15.3 Å². The minimum atomic E-state index is -0.182. The number of hydrogen-bond donors (Lipinski definition) is 1. The molecule has 0 bridgehead atoms. The molecule has 2 aromatic carbocycles. The van der Waals surface area contributed by atoms with Crippen LogP contribution in [0.2, 0.25) is 0 Å². The normalized spacial score (nSPS) is 11.0. The molecule has 0 radical (unpaired) electrons. The van der Waals surface area contributed by atoms with Crippen molar-refractivity contribution in [2.75, 3.05) is 20.6 Å². The maximum Gasteiger partial charge on any atom is 0.123 e. The molecule has 1 N–H and O–H groups in total. The van der Waals surface area contributed by atoms with Crippen LogP contribution >= 0.6 is 0 Å². The van der Waals surface area contributed by atoms with Crippen molar-refractivity contribution in [2.24, 2.45) is 0 Å². The average Bonchev–Trinajstić information content (AvgIpc) is 2.49. The molecule has 2 rings (SSSR count). The molecule has 0 spiro atoms. The molecule has 0 heterocycles. The van der Waals surface area contributed by atoms with Crippen LogP contribution in [0.5, 0.6) is 0 Å². The highest BCUT2D eigenvalue weighted by Gasteiger charge is 2.06. The van der Waals surface area contributed by atoms with Gasteiger partial charge in [-0.3, -0.25) is 4.90 Å². The monoisotopic (exact) mass is 286 g/mol. The summed E-state index contributed by atoms with van der Waals surface area (Å²) in [5.41, 5.74) is 3.88. The Morgan fingerprint density at radius 1 is 0.952 bits per heavy atom. The van der Waals surface area contributed by atoms with Crippen LogP contribution in [0.1, 0.15) is 16.7 Å². The molecule has 0 aliphatic heterocycles. The molecule has 0 aliphatic rings. The zero-order valence-corrected chi connectivity index (χ0v) is 12.8. The molecule has 2 aromatic rings. The van der Waals surface area contributed by atoms with Gasteiger partial charge in [-0.1, -0.05) is 36.4 Å². The number of hydrogen-bond acceptors (Lipinski definition) is 2. The third-order valence-corrected chi connectivity index (χ3v) is 3.57. The minimum absolute atomic E-state index is 0.182. The maximum absolute atomic E-state index is 12.9. The molecule has 0 saturated carbocycles. The minimum Gasteiger partial charge on any atom is -0.319 e. The quantitative estimate of drug-likeness (QED) is 0.841. The third kappa shape index (κ3) is 4.96. The van der Waals surface area contributed by atoms with Crippen molar-refractivity contribution in [1.29, 1.82) is 0 Å². The van der Waals surface area contributed by atoms with E-state index in [-0.39, 0.29) is 5.82 Å². The smallest absolute Gasteiger partial charge is 0.123 e. The van der Waals surface area contributed by atoms with Crippen LogP contribution in [-0.4, -0.2) is 25.5 Å². The number of nitrogens with zero attached hydrogens (tertiary/aromatic N) is 1. The molecule has 21 heavy (non-hydrogen) atoms. The fraction of sp³-hybridized carbons (Fsp3) is 0.333. The van der Waals surface area contributed by atoms with Crippen molar-refractivity contribution >= 4 is 0 Å². The summed E-state index contributed by atoms with van der Waals surface area (Å²) in [6.07, 6.45) is 1.04. The second-order valence-corrected chi connectivity index (χ2v) is 5.42. The van der Waals surface area contributed by atoms with Crippen molar-refractivity contribution in [3.8, 4) is 0 Å². The first-order valence-electron chi connectivity index (χ1n) is 7.33. The highest BCUT2D eigenvalue weighted by molar-refractivity contribution is 5.27. The van der Waals surface area contributed by atoms with Crippen LogP contribution in [0.25, 0.3) is 0 Å². The first kappa shape index (κ1) is 15.7. The van der Waals surface area contributed by atoms with Crippen molar-refractivity contribution in [3.63, 3.8) is 0 Å². The van der Waals surface area contributed by atoms with Gasteiger partial charge in [0.1, 0.15) is 5.82 Å². The average molecular weight is 286 g/mol. The van der Waals surface area contributed by atoms with Gasteiger partial charge in [0.05, 0.1) is 0 Å². The Hall–Kier alpha value is -1.71. The van der Waals surface area contributed by atoms with Crippen LogP contribution in [0.4, 0.5) is 4.39 Å². The Labute approximate surface area is 126 Å². The van der Waals surface area contributed by atoms with E-state index >= 15 is 0 Å². The molecule has 0 fully saturated rings. The Morgan fingerprint density at radius 2 is 1.62 bits per heavy atom. The van der Waals surface area contributed by atoms with E-state index in [2.05, 4.69) is 41.5 Å². The van der Waals surface area contributed by atoms with Gasteiger partial charge in [0.2, 0.25) is 0 Å². The van der Waals surface area contributed by atoms with Gasteiger partial charge in [0.15, 0.2) is 0 Å². The zero-order chi connectivity index (χ0) is 15.1. The number of nitrogens with one attached hydrogen (secondary N) is 1. The molecule has 2 nitrogen and oxygen atoms in total. The van der Waals surface area contributed by atoms with Crippen LogP contribution in [0, 0.1) is 5.82 Å². The Balaban J connectivity index is 1.98. The van der Waals surface area contributed by atoms with Gasteiger partial charge < -0.3 is 5.32 Å². The van der Waals surface area contributed by atoms with E-state index in [1.807, 2.05) is 19.2 Å². The van der Waals surface area contributed by atoms with Gasteiger partial charge in [-0.25, -0.2) is 4.39 Å². The van der Waals surface area contributed by atoms with Gasteiger partial charge in [0.25, 0.3) is 0 Å². The molecule has 0 amide bonds. The van der Waals surface area contributed by atoms with E-state index < -0.39 is 0 Å². The lowest BCUT2D eigenvalue weighted by molar-refractivity contribution is 0.318. The molecule has 3 heteroatoms. The second kappa shape index (κ2) is 7.91. The van der Waals surface area contributed by atoms with Crippen LogP contribution < -0.4 is 5.32 Å². The SMILES string of the molecule is CNCCc1ccccc1CN(C)Cc1ccc(F)cc1. The molecule has 0 unspecified atom stereocenters. The van der Waals surface area contributed by atoms with Crippen molar-refractivity contribution < 1.29 is 4.39 Å².